The van der Waals surface area contributed by atoms with Crippen molar-refractivity contribution in [3.05, 3.63) is 56.2 Å². The molecule has 1 heterocycles. The summed E-state index contributed by atoms with van der Waals surface area (Å²) >= 11 is 7.84. The van der Waals surface area contributed by atoms with Crippen molar-refractivity contribution >= 4 is 22.9 Å². The monoisotopic (exact) mass is 277 g/mol. The third-order valence-electron chi connectivity index (χ3n) is 3.34. The lowest BCUT2D eigenvalue weighted by Crippen LogP contribution is -2.11. The van der Waals surface area contributed by atoms with Gasteiger partial charge in [0.1, 0.15) is 0 Å². The topological polar surface area (TPSA) is 12.0 Å². The molecule has 1 nitrogen and oxygen atoms in total. The second kappa shape index (κ2) is 5.43. The minimum atomic E-state index is 0.799. The molecule has 0 saturated heterocycles. The summed E-state index contributed by atoms with van der Waals surface area (Å²) in [6.07, 6.45) is 3.92. The molecular weight excluding hydrogens is 262 g/mol. The van der Waals surface area contributed by atoms with E-state index in [4.69, 9.17) is 11.6 Å². The van der Waals surface area contributed by atoms with E-state index in [2.05, 4.69) is 23.5 Å². The van der Waals surface area contributed by atoms with Crippen LogP contribution in [0.1, 0.15) is 27.3 Å². The largest absolute Gasteiger partial charge is 0.308 e. The lowest BCUT2D eigenvalue weighted by molar-refractivity contribution is 0.700. The predicted octanol–water partition coefficient (Wildman–Crippen LogP) is 4.18. The molecule has 2 aromatic rings. The van der Waals surface area contributed by atoms with E-state index in [9.17, 15) is 0 Å². The van der Waals surface area contributed by atoms with Crippen LogP contribution in [0.5, 0.6) is 0 Å². The number of aryl methyl sites for hydroxylation is 2. The Kier molecular flexibility index (Phi) is 3.69. The van der Waals surface area contributed by atoms with Gasteiger partial charge >= 0.3 is 0 Å². The van der Waals surface area contributed by atoms with E-state index in [-0.39, 0.29) is 0 Å². The zero-order chi connectivity index (χ0) is 12.4. The minimum absolute atomic E-state index is 0.799. The molecule has 94 valence electrons. The van der Waals surface area contributed by atoms with Crippen LogP contribution in [0.15, 0.2) is 30.3 Å². The quantitative estimate of drug-likeness (QED) is 0.884. The molecule has 1 aromatic carbocycles. The predicted molar refractivity (Wildman–Crippen MR) is 78.3 cm³/mol. The molecule has 1 aliphatic rings. The Morgan fingerprint density at radius 3 is 2.72 bits per heavy atom. The van der Waals surface area contributed by atoms with E-state index in [1.807, 2.05) is 23.5 Å². The van der Waals surface area contributed by atoms with Crippen LogP contribution in [-0.2, 0) is 25.9 Å². The summed E-state index contributed by atoms with van der Waals surface area (Å²) in [5.74, 6) is 0. The van der Waals surface area contributed by atoms with Gasteiger partial charge in [-0.2, -0.15) is 0 Å². The summed E-state index contributed by atoms with van der Waals surface area (Å²) in [5.41, 5.74) is 2.87. The zero-order valence-corrected chi connectivity index (χ0v) is 11.8. The summed E-state index contributed by atoms with van der Waals surface area (Å²) in [4.78, 5) is 3.08. The standard InChI is InChI=1S/C15H16ClNS/c16-13-6-4-11(5-7-13)9-17-10-14-8-12-2-1-3-15(12)18-14/h4-8,17H,1-3,9-10H2. The number of hydrogen-bond donors (Lipinski definition) is 1. The number of thiophene rings is 1. The highest BCUT2D eigenvalue weighted by molar-refractivity contribution is 7.12. The third-order valence-corrected chi connectivity index (χ3v) is 4.83. The SMILES string of the molecule is Clc1ccc(CNCc2cc3c(s2)CCC3)cc1. The van der Waals surface area contributed by atoms with Gasteiger partial charge in [0, 0.05) is 27.9 Å². The maximum absolute atomic E-state index is 5.87. The molecule has 0 bridgehead atoms. The van der Waals surface area contributed by atoms with Gasteiger partial charge in [-0.3, -0.25) is 0 Å². The van der Waals surface area contributed by atoms with Crippen molar-refractivity contribution in [3.63, 3.8) is 0 Å². The molecular formula is C15H16ClNS. The molecule has 0 spiro atoms. The summed E-state index contributed by atoms with van der Waals surface area (Å²) in [6, 6.07) is 10.4. The lowest BCUT2D eigenvalue weighted by Gasteiger charge is -2.03. The van der Waals surface area contributed by atoms with Crippen molar-refractivity contribution < 1.29 is 0 Å². The average molecular weight is 278 g/mol. The maximum atomic E-state index is 5.87. The van der Waals surface area contributed by atoms with E-state index < -0.39 is 0 Å². The smallest absolute Gasteiger partial charge is 0.0406 e. The van der Waals surface area contributed by atoms with E-state index in [1.54, 1.807) is 10.4 Å². The number of halogens is 1. The fraction of sp³-hybridized carbons (Fsp3) is 0.333. The van der Waals surface area contributed by atoms with Gasteiger partial charge in [0.25, 0.3) is 0 Å². The Morgan fingerprint density at radius 1 is 1.11 bits per heavy atom. The normalized spacial score (nSPS) is 13.8. The molecule has 0 atom stereocenters. The van der Waals surface area contributed by atoms with Crippen LogP contribution in [0.4, 0.5) is 0 Å². The minimum Gasteiger partial charge on any atom is -0.308 e. The lowest BCUT2D eigenvalue weighted by atomic mass is 10.2. The Morgan fingerprint density at radius 2 is 1.94 bits per heavy atom. The molecule has 0 amide bonds. The van der Waals surface area contributed by atoms with Crippen LogP contribution in [-0.4, -0.2) is 0 Å². The van der Waals surface area contributed by atoms with Crippen LogP contribution in [0.2, 0.25) is 5.02 Å². The fourth-order valence-electron chi connectivity index (χ4n) is 2.41. The van der Waals surface area contributed by atoms with Gasteiger partial charge in [0.05, 0.1) is 0 Å². The van der Waals surface area contributed by atoms with Crippen LogP contribution in [0, 0.1) is 0 Å². The molecule has 0 unspecified atom stereocenters. The van der Waals surface area contributed by atoms with Crippen LogP contribution < -0.4 is 5.32 Å². The molecule has 3 rings (SSSR count). The summed E-state index contributed by atoms with van der Waals surface area (Å²) < 4.78 is 0. The molecule has 1 N–H and O–H groups in total. The Hall–Kier alpha value is -0.830. The Labute approximate surface area is 117 Å². The van der Waals surface area contributed by atoms with Crippen LogP contribution in [0.25, 0.3) is 0 Å². The molecule has 18 heavy (non-hydrogen) atoms. The molecule has 1 aromatic heterocycles. The summed E-state index contributed by atoms with van der Waals surface area (Å²) in [5, 5.41) is 4.29. The van der Waals surface area contributed by atoms with Gasteiger partial charge in [-0.25, -0.2) is 0 Å². The molecule has 0 saturated carbocycles. The Balaban J connectivity index is 1.53. The summed E-state index contributed by atoms with van der Waals surface area (Å²) in [7, 11) is 0. The van der Waals surface area contributed by atoms with Crippen LogP contribution >= 0.6 is 22.9 Å². The van der Waals surface area contributed by atoms with Crippen molar-refractivity contribution in [2.75, 3.05) is 0 Å². The van der Waals surface area contributed by atoms with E-state index in [0.717, 1.165) is 18.1 Å². The first-order chi connectivity index (χ1) is 8.81. The first-order valence-corrected chi connectivity index (χ1v) is 7.56. The van der Waals surface area contributed by atoms with Gasteiger partial charge in [0.2, 0.25) is 0 Å². The molecule has 0 radical (unpaired) electrons. The molecule has 0 aliphatic heterocycles. The van der Waals surface area contributed by atoms with Gasteiger partial charge in [-0.05, 0) is 48.6 Å². The second-order valence-corrected chi connectivity index (χ2v) is 6.40. The highest BCUT2D eigenvalue weighted by atomic mass is 35.5. The van der Waals surface area contributed by atoms with Gasteiger partial charge < -0.3 is 5.32 Å². The van der Waals surface area contributed by atoms with E-state index in [1.165, 1.54) is 29.7 Å². The second-order valence-electron chi connectivity index (χ2n) is 4.74. The first kappa shape index (κ1) is 12.2. The molecule has 0 fully saturated rings. The van der Waals surface area contributed by atoms with Gasteiger partial charge in [0.15, 0.2) is 0 Å². The summed E-state index contributed by atoms with van der Waals surface area (Å²) in [6.45, 7) is 1.88. The number of benzene rings is 1. The van der Waals surface area contributed by atoms with Crippen molar-refractivity contribution in [1.82, 2.24) is 5.32 Å². The third kappa shape index (κ3) is 2.77. The van der Waals surface area contributed by atoms with Crippen molar-refractivity contribution in [1.29, 1.82) is 0 Å². The Bertz CT molecular complexity index is 508. The zero-order valence-electron chi connectivity index (χ0n) is 10.2. The molecule has 3 heteroatoms. The van der Waals surface area contributed by atoms with Crippen molar-refractivity contribution in [3.8, 4) is 0 Å². The maximum Gasteiger partial charge on any atom is 0.0406 e. The average Bonchev–Trinajstić information content (AvgIpc) is 2.92. The van der Waals surface area contributed by atoms with Crippen LogP contribution in [0.3, 0.4) is 0 Å². The van der Waals surface area contributed by atoms with E-state index >= 15 is 0 Å². The fourth-order valence-corrected chi connectivity index (χ4v) is 3.77. The van der Waals surface area contributed by atoms with Crippen molar-refractivity contribution in [2.45, 2.75) is 32.4 Å². The van der Waals surface area contributed by atoms with Gasteiger partial charge in [-0.15, -0.1) is 11.3 Å². The molecule has 1 aliphatic carbocycles. The first-order valence-electron chi connectivity index (χ1n) is 6.37. The number of hydrogen-bond acceptors (Lipinski definition) is 2. The number of nitrogens with one attached hydrogen (secondary N) is 1. The van der Waals surface area contributed by atoms with E-state index in [0.29, 0.717) is 0 Å². The van der Waals surface area contributed by atoms with Gasteiger partial charge in [-0.1, -0.05) is 23.7 Å². The highest BCUT2D eigenvalue weighted by Gasteiger charge is 2.14. The highest BCUT2D eigenvalue weighted by Crippen LogP contribution is 2.30. The van der Waals surface area contributed by atoms with Crippen molar-refractivity contribution in [2.24, 2.45) is 0 Å². The number of fused-ring (bicyclic) bond motifs is 1. The number of rotatable bonds is 4.